The van der Waals surface area contributed by atoms with Gasteiger partial charge in [-0.2, -0.15) is 0 Å². The summed E-state index contributed by atoms with van der Waals surface area (Å²) in [6.45, 7) is 1.39. The van der Waals surface area contributed by atoms with E-state index in [9.17, 15) is 4.79 Å². The van der Waals surface area contributed by atoms with Crippen LogP contribution >= 0.6 is 0 Å². The molecule has 2 heteroatoms. The highest BCUT2D eigenvalue weighted by molar-refractivity contribution is 5.89. The van der Waals surface area contributed by atoms with Crippen LogP contribution in [-0.4, -0.2) is 5.97 Å². The molecule has 0 amide bonds. The van der Waals surface area contributed by atoms with Gasteiger partial charge in [0.25, 0.3) is 0 Å². The first-order chi connectivity index (χ1) is 6.77. The van der Waals surface area contributed by atoms with Crippen molar-refractivity contribution in [2.45, 2.75) is 6.92 Å². The first-order valence-electron chi connectivity index (χ1n) is 4.35. The third-order valence-electron chi connectivity index (χ3n) is 1.92. The van der Waals surface area contributed by atoms with Gasteiger partial charge in [0.2, 0.25) is 0 Å². The normalized spacial score (nSPS) is 10.1. The zero-order valence-electron chi connectivity index (χ0n) is 7.78. The predicted molar refractivity (Wildman–Crippen MR) is 54.1 cm³/mol. The van der Waals surface area contributed by atoms with Crippen LogP contribution in [0.3, 0.4) is 0 Å². The van der Waals surface area contributed by atoms with E-state index in [0.29, 0.717) is 5.75 Å². The van der Waals surface area contributed by atoms with Crippen molar-refractivity contribution in [1.82, 2.24) is 0 Å². The second-order valence-electron chi connectivity index (χ2n) is 2.98. The fraction of sp³-hybridized carbons (Fsp3) is 0.0833. The molecule has 1 radical (unpaired) electrons. The average molecular weight is 185 g/mol. The molecular weight excluding hydrogens is 176 g/mol. The van der Waals surface area contributed by atoms with Crippen molar-refractivity contribution in [2.24, 2.45) is 0 Å². The smallest absolute Gasteiger partial charge is 0.308 e. The summed E-state index contributed by atoms with van der Waals surface area (Å²) in [5.41, 5.74) is 0. The molecule has 0 saturated heterocycles. The minimum atomic E-state index is -0.304. The molecule has 2 rings (SSSR count). The maximum atomic E-state index is 10.8. The van der Waals surface area contributed by atoms with Gasteiger partial charge >= 0.3 is 5.97 Å². The van der Waals surface area contributed by atoms with Gasteiger partial charge in [-0.1, -0.05) is 30.3 Å². The standard InChI is InChI=1S/C12H9O2/c1-9(13)14-12-8-4-6-10-5-2-3-7-11(10)12/h2-5,7-8H,1H3. The maximum Gasteiger partial charge on any atom is 0.308 e. The minimum absolute atomic E-state index is 0.304. The Balaban J connectivity index is 2.59. The van der Waals surface area contributed by atoms with Crippen molar-refractivity contribution < 1.29 is 9.53 Å². The van der Waals surface area contributed by atoms with Crippen LogP contribution in [-0.2, 0) is 4.79 Å². The van der Waals surface area contributed by atoms with Gasteiger partial charge in [-0.25, -0.2) is 0 Å². The van der Waals surface area contributed by atoms with E-state index < -0.39 is 0 Å². The van der Waals surface area contributed by atoms with E-state index in [4.69, 9.17) is 4.74 Å². The molecule has 0 heterocycles. The fourth-order valence-corrected chi connectivity index (χ4v) is 1.36. The Morgan fingerprint density at radius 2 is 2.07 bits per heavy atom. The first-order valence-corrected chi connectivity index (χ1v) is 4.35. The molecule has 0 aliphatic heterocycles. The molecule has 0 aliphatic carbocycles. The van der Waals surface area contributed by atoms with Gasteiger partial charge in [-0.3, -0.25) is 4.79 Å². The molecule has 0 bridgehead atoms. The van der Waals surface area contributed by atoms with Crippen molar-refractivity contribution in [2.75, 3.05) is 0 Å². The number of ether oxygens (including phenoxy) is 1. The van der Waals surface area contributed by atoms with Crippen LogP contribution in [0.2, 0.25) is 0 Å². The van der Waals surface area contributed by atoms with E-state index >= 15 is 0 Å². The van der Waals surface area contributed by atoms with Crippen LogP contribution < -0.4 is 4.74 Å². The molecule has 69 valence electrons. The number of benzene rings is 2. The van der Waals surface area contributed by atoms with Crippen LogP contribution in [0, 0.1) is 6.07 Å². The monoisotopic (exact) mass is 185 g/mol. The molecule has 14 heavy (non-hydrogen) atoms. The average Bonchev–Trinajstić information content (AvgIpc) is 2.18. The van der Waals surface area contributed by atoms with Gasteiger partial charge in [0.05, 0.1) is 0 Å². The van der Waals surface area contributed by atoms with Crippen LogP contribution in [0.5, 0.6) is 5.75 Å². The van der Waals surface area contributed by atoms with E-state index in [1.807, 2.05) is 24.3 Å². The van der Waals surface area contributed by atoms with Crippen molar-refractivity contribution in [1.29, 1.82) is 0 Å². The van der Waals surface area contributed by atoms with Crippen molar-refractivity contribution >= 4 is 16.7 Å². The lowest BCUT2D eigenvalue weighted by Crippen LogP contribution is -2.01. The summed E-state index contributed by atoms with van der Waals surface area (Å²) in [6.07, 6.45) is 0. The molecule has 0 fully saturated rings. The molecule has 0 N–H and O–H groups in total. The molecule has 2 nitrogen and oxygen atoms in total. The highest BCUT2D eigenvalue weighted by atomic mass is 16.5. The molecule has 2 aromatic carbocycles. The lowest BCUT2D eigenvalue weighted by atomic mass is 10.1. The molecule has 0 aromatic heterocycles. The SMILES string of the molecule is CC(=O)Oc1cc[c]c2ccccc12. The van der Waals surface area contributed by atoms with E-state index in [-0.39, 0.29) is 5.97 Å². The summed E-state index contributed by atoms with van der Waals surface area (Å²) in [7, 11) is 0. The Morgan fingerprint density at radius 3 is 2.86 bits per heavy atom. The second-order valence-corrected chi connectivity index (χ2v) is 2.98. The van der Waals surface area contributed by atoms with Crippen molar-refractivity contribution in [3.63, 3.8) is 0 Å². The molecule has 0 atom stereocenters. The Bertz CT molecular complexity index is 469. The van der Waals surface area contributed by atoms with Crippen molar-refractivity contribution in [3.8, 4) is 5.75 Å². The maximum absolute atomic E-state index is 10.8. The number of carbonyl (C=O) groups excluding carboxylic acids is 1. The van der Waals surface area contributed by atoms with E-state index in [1.165, 1.54) is 6.92 Å². The quantitative estimate of drug-likeness (QED) is 0.504. The van der Waals surface area contributed by atoms with Crippen molar-refractivity contribution in [3.05, 3.63) is 42.5 Å². The topological polar surface area (TPSA) is 26.3 Å². The van der Waals surface area contributed by atoms with E-state index in [0.717, 1.165) is 10.8 Å². The molecule has 0 unspecified atom stereocenters. The molecule has 0 aliphatic rings. The Labute approximate surface area is 82.1 Å². The van der Waals surface area contributed by atoms with Gasteiger partial charge in [-0.05, 0) is 17.5 Å². The third kappa shape index (κ3) is 1.59. The number of hydrogen-bond donors (Lipinski definition) is 0. The van der Waals surface area contributed by atoms with Gasteiger partial charge in [0.1, 0.15) is 5.75 Å². The third-order valence-corrected chi connectivity index (χ3v) is 1.92. The number of esters is 1. The van der Waals surface area contributed by atoms with Crippen LogP contribution in [0.15, 0.2) is 36.4 Å². The van der Waals surface area contributed by atoms with E-state index in [2.05, 4.69) is 6.07 Å². The van der Waals surface area contributed by atoms with Gasteiger partial charge in [0, 0.05) is 12.3 Å². The Morgan fingerprint density at radius 1 is 1.29 bits per heavy atom. The molecule has 0 spiro atoms. The predicted octanol–water partition coefficient (Wildman–Crippen LogP) is 2.57. The second kappa shape index (κ2) is 3.50. The number of carbonyl (C=O) groups is 1. The van der Waals surface area contributed by atoms with Crippen LogP contribution in [0.1, 0.15) is 6.92 Å². The van der Waals surface area contributed by atoms with Gasteiger partial charge in [0.15, 0.2) is 0 Å². The zero-order chi connectivity index (χ0) is 9.97. The summed E-state index contributed by atoms with van der Waals surface area (Å²) in [5, 5.41) is 1.86. The summed E-state index contributed by atoms with van der Waals surface area (Å²) in [4.78, 5) is 10.8. The minimum Gasteiger partial charge on any atom is -0.426 e. The number of hydrogen-bond acceptors (Lipinski definition) is 2. The fourth-order valence-electron chi connectivity index (χ4n) is 1.36. The zero-order valence-corrected chi connectivity index (χ0v) is 7.78. The van der Waals surface area contributed by atoms with Crippen LogP contribution in [0.25, 0.3) is 10.8 Å². The summed E-state index contributed by atoms with van der Waals surface area (Å²) in [5.74, 6) is 0.285. The van der Waals surface area contributed by atoms with Gasteiger partial charge < -0.3 is 4.74 Å². The highest BCUT2D eigenvalue weighted by Crippen LogP contribution is 2.24. The summed E-state index contributed by atoms with van der Waals surface area (Å²) >= 11 is 0. The Hall–Kier alpha value is -1.83. The first kappa shape index (κ1) is 8.75. The number of fused-ring (bicyclic) bond motifs is 1. The molecular formula is C12H9O2. The van der Waals surface area contributed by atoms with E-state index in [1.54, 1.807) is 12.1 Å². The number of rotatable bonds is 1. The highest BCUT2D eigenvalue weighted by Gasteiger charge is 2.02. The molecule has 2 aromatic rings. The van der Waals surface area contributed by atoms with Gasteiger partial charge in [-0.15, -0.1) is 0 Å². The lowest BCUT2D eigenvalue weighted by Gasteiger charge is -2.04. The molecule has 0 saturated carbocycles. The lowest BCUT2D eigenvalue weighted by molar-refractivity contribution is -0.131. The summed E-state index contributed by atoms with van der Waals surface area (Å²) in [6, 6.07) is 14.2. The summed E-state index contributed by atoms with van der Waals surface area (Å²) < 4.78 is 5.07. The Kier molecular flexibility index (Phi) is 2.19. The largest absolute Gasteiger partial charge is 0.426 e. The van der Waals surface area contributed by atoms with Crippen LogP contribution in [0.4, 0.5) is 0 Å².